The Morgan fingerprint density at radius 3 is 2.89 bits per heavy atom. The van der Waals surface area contributed by atoms with Crippen LogP contribution in [0.15, 0.2) is 24.5 Å². The zero-order valence-electron chi connectivity index (χ0n) is 9.68. The van der Waals surface area contributed by atoms with Gasteiger partial charge in [0.1, 0.15) is 12.2 Å². The second-order valence-electron chi connectivity index (χ2n) is 4.40. The monoisotopic (exact) mass is 250 g/mol. The van der Waals surface area contributed by atoms with E-state index in [-0.39, 0.29) is 0 Å². The van der Waals surface area contributed by atoms with Crippen molar-refractivity contribution < 1.29 is 8.78 Å². The maximum Gasteiger partial charge on any atom is 0.159 e. The van der Waals surface area contributed by atoms with Crippen LogP contribution >= 0.6 is 0 Å². The van der Waals surface area contributed by atoms with Gasteiger partial charge >= 0.3 is 0 Å². The predicted octanol–water partition coefficient (Wildman–Crippen LogP) is 1.57. The normalized spacial score (nSPS) is 15.7. The molecular formula is C12H12F2N4. The van der Waals surface area contributed by atoms with Gasteiger partial charge in [0.05, 0.1) is 6.54 Å². The third-order valence-electron chi connectivity index (χ3n) is 3.11. The molecule has 18 heavy (non-hydrogen) atoms. The van der Waals surface area contributed by atoms with Crippen LogP contribution in [0, 0.1) is 11.6 Å². The SMILES string of the molecule is Fc1ccc(CN2CCn3cnnc3C2)cc1F. The van der Waals surface area contributed by atoms with Crippen molar-refractivity contribution in [3.8, 4) is 0 Å². The largest absolute Gasteiger partial charge is 0.315 e. The fourth-order valence-electron chi connectivity index (χ4n) is 2.15. The number of hydrogen-bond donors (Lipinski definition) is 0. The molecule has 1 aliphatic heterocycles. The second-order valence-corrected chi connectivity index (χ2v) is 4.40. The first kappa shape index (κ1) is 11.3. The van der Waals surface area contributed by atoms with Gasteiger partial charge in [-0.1, -0.05) is 6.07 Å². The van der Waals surface area contributed by atoms with Gasteiger partial charge in [0.2, 0.25) is 0 Å². The summed E-state index contributed by atoms with van der Waals surface area (Å²) in [6.45, 7) is 2.94. The van der Waals surface area contributed by atoms with Crippen molar-refractivity contribution in [1.82, 2.24) is 19.7 Å². The molecule has 0 amide bonds. The Balaban J connectivity index is 1.72. The highest BCUT2D eigenvalue weighted by Gasteiger charge is 2.17. The number of nitrogens with zero attached hydrogens (tertiary/aromatic N) is 4. The third kappa shape index (κ3) is 2.11. The maximum atomic E-state index is 13.1. The minimum absolute atomic E-state index is 0.587. The van der Waals surface area contributed by atoms with Crippen molar-refractivity contribution >= 4 is 0 Å². The van der Waals surface area contributed by atoms with E-state index in [1.54, 1.807) is 12.4 Å². The van der Waals surface area contributed by atoms with Crippen LogP contribution in [0.3, 0.4) is 0 Å². The van der Waals surface area contributed by atoms with E-state index in [1.165, 1.54) is 6.07 Å². The smallest absolute Gasteiger partial charge is 0.159 e. The topological polar surface area (TPSA) is 34.0 Å². The van der Waals surface area contributed by atoms with Crippen molar-refractivity contribution in [3.63, 3.8) is 0 Å². The molecule has 0 unspecified atom stereocenters. The lowest BCUT2D eigenvalue weighted by Crippen LogP contribution is -2.33. The summed E-state index contributed by atoms with van der Waals surface area (Å²) in [4.78, 5) is 2.14. The summed E-state index contributed by atoms with van der Waals surface area (Å²) in [7, 11) is 0. The summed E-state index contributed by atoms with van der Waals surface area (Å²) >= 11 is 0. The summed E-state index contributed by atoms with van der Waals surface area (Å²) in [6.07, 6.45) is 1.71. The molecule has 0 atom stereocenters. The van der Waals surface area contributed by atoms with Gasteiger partial charge in [-0.15, -0.1) is 10.2 Å². The Bertz CT molecular complexity index is 567. The number of halogens is 2. The standard InChI is InChI=1S/C12H12F2N4/c13-10-2-1-9(5-11(10)14)6-17-3-4-18-8-15-16-12(18)7-17/h1-2,5,8H,3-4,6-7H2. The fourth-order valence-corrected chi connectivity index (χ4v) is 2.15. The van der Waals surface area contributed by atoms with Crippen molar-refractivity contribution in [2.24, 2.45) is 0 Å². The number of aromatic nitrogens is 3. The Hall–Kier alpha value is -1.82. The van der Waals surface area contributed by atoms with Crippen LogP contribution in [0.5, 0.6) is 0 Å². The first-order valence-electron chi connectivity index (χ1n) is 5.75. The molecule has 94 valence electrons. The maximum absolute atomic E-state index is 13.1. The summed E-state index contributed by atoms with van der Waals surface area (Å²) in [5.41, 5.74) is 0.766. The minimum Gasteiger partial charge on any atom is -0.315 e. The van der Waals surface area contributed by atoms with Crippen molar-refractivity contribution in [3.05, 3.63) is 47.5 Å². The van der Waals surface area contributed by atoms with Crippen molar-refractivity contribution in [1.29, 1.82) is 0 Å². The van der Waals surface area contributed by atoms with Gasteiger partial charge in [-0.25, -0.2) is 8.78 Å². The molecule has 0 radical (unpaired) electrons. The summed E-state index contributed by atoms with van der Waals surface area (Å²) in [5, 5.41) is 7.87. The summed E-state index contributed by atoms with van der Waals surface area (Å²) in [6, 6.07) is 4.02. The third-order valence-corrected chi connectivity index (χ3v) is 3.11. The first-order valence-corrected chi connectivity index (χ1v) is 5.75. The molecule has 6 heteroatoms. The van der Waals surface area contributed by atoms with Crippen LogP contribution in [0.2, 0.25) is 0 Å². The van der Waals surface area contributed by atoms with Gasteiger partial charge in [-0.2, -0.15) is 0 Å². The molecule has 0 spiro atoms. The van der Waals surface area contributed by atoms with Gasteiger partial charge < -0.3 is 4.57 Å². The van der Waals surface area contributed by atoms with Crippen LogP contribution in [-0.4, -0.2) is 26.2 Å². The van der Waals surface area contributed by atoms with Crippen molar-refractivity contribution in [2.45, 2.75) is 19.6 Å². The van der Waals surface area contributed by atoms with E-state index < -0.39 is 11.6 Å². The predicted molar refractivity (Wildman–Crippen MR) is 60.5 cm³/mol. The van der Waals surface area contributed by atoms with E-state index >= 15 is 0 Å². The van der Waals surface area contributed by atoms with Crippen molar-refractivity contribution in [2.75, 3.05) is 6.54 Å². The van der Waals surface area contributed by atoms with Gasteiger partial charge in [0.15, 0.2) is 11.6 Å². The average Bonchev–Trinajstić information content (AvgIpc) is 2.81. The minimum atomic E-state index is -0.808. The van der Waals surface area contributed by atoms with Crippen LogP contribution in [0.4, 0.5) is 8.78 Å². The van der Waals surface area contributed by atoms with E-state index in [2.05, 4.69) is 15.1 Å². The Labute approximate surface area is 103 Å². The molecule has 1 aromatic heterocycles. The van der Waals surface area contributed by atoms with Gasteiger partial charge in [0, 0.05) is 19.6 Å². The lowest BCUT2D eigenvalue weighted by atomic mass is 10.2. The van der Waals surface area contributed by atoms with Crippen LogP contribution < -0.4 is 0 Å². The van der Waals surface area contributed by atoms with Gasteiger partial charge in [-0.05, 0) is 17.7 Å². The Morgan fingerprint density at radius 1 is 1.17 bits per heavy atom. The second kappa shape index (κ2) is 4.45. The molecular weight excluding hydrogens is 238 g/mol. The molecule has 0 saturated carbocycles. The van der Waals surface area contributed by atoms with Crippen LogP contribution in [0.25, 0.3) is 0 Å². The highest BCUT2D eigenvalue weighted by Crippen LogP contribution is 2.15. The van der Waals surface area contributed by atoms with Crippen LogP contribution in [-0.2, 0) is 19.6 Å². The summed E-state index contributed by atoms with van der Waals surface area (Å²) < 4.78 is 27.9. The van der Waals surface area contributed by atoms with Gasteiger partial charge in [0.25, 0.3) is 0 Å². The van der Waals surface area contributed by atoms with E-state index in [9.17, 15) is 8.78 Å². The molecule has 0 N–H and O–H groups in total. The molecule has 1 aromatic carbocycles. The molecule has 0 fully saturated rings. The zero-order valence-corrected chi connectivity index (χ0v) is 9.68. The quantitative estimate of drug-likeness (QED) is 0.811. The molecule has 0 saturated heterocycles. The number of rotatable bonds is 2. The zero-order chi connectivity index (χ0) is 12.5. The highest BCUT2D eigenvalue weighted by atomic mass is 19.2. The van der Waals surface area contributed by atoms with Crippen LogP contribution in [0.1, 0.15) is 11.4 Å². The Morgan fingerprint density at radius 2 is 2.06 bits per heavy atom. The fraction of sp³-hybridized carbons (Fsp3) is 0.333. The molecule has 3 rings (SSSR count). The highest BCUT2D eigenvalue weighted by molar-refractivity contribution is 5.17. The number of benzene rings is 1. The average molecular weight is 250 g/mol. The molecule has 2 heterocycles. The summed E-state index contributed by atoms with van der Waals surface area (Å²) in [5.74, 6) is -0.700. The molecule has 0 aliphatic carbocycles. The van der Waals surface area contributed by atoms with Gasteiger partial charge in [-0.3, -0.25) is 4.90 Å². The molecule has 4 nitrogen and oxygen atoms in total. The van der Waals surface area contributed by atoms with E-state index in [1.807, 2.05) is 4.57 Å². The first-order chi connectivity index (χ1) is 8.72. The molecule has 1 aliphatic rings. The lowest BCUT2D eigenvalue weighted by molar-refractivity contribution is 0.208. The molecule has 0 bridgehead atoms. The van der Waals surface area contributed by atoms with E-state index in [0.717, 1.165) is 30.5 Å². The van der Waals surface area contributed by atoms with E-state index in [0.29, 0.717) is 13.1 Å². The number of fused-ring (bicyclic) bond motifs is 1. The number of hydrogen-bond acceptors (Lipinski definition) is 3. The lowest BCUT2D eigenvalue weighted by Gasteiger charge is -2.26. The molecule has 2 aromatic rings. The van der Waals surface area contributed by atoms with E-state index in [4.69, 9.17) is 0 Å². The Kier molecular flexibility index (Phi) is 2.79.